The molecule has 2 heterocycles. The standard InChI is InChI=1S/C19H24N4S/c1-22(2)17-10-8-16(9-11-17)21-19(24)23-13-4-3-7-18(23)15-6-5-12-20-14-15/h5-6,8-12,14,18H,3-4,7,13H2,1-2H3,(H,21,24). The zero-order chi connectivity index (χ0) is 16.9. The van der Waals surface area contributed by atoms with E-state index in [1.807, 2.05) is 32.6 Å². The number of hydrogen-bond donors (Lipinski definition) is 1. The second-order valence-corrected chi connectivity index (χ2v) is 6.75. The van der Waals surface area contributed by atoms with E-state index in [9.17, 15) is 0 Å². The lowest BCUT2D eigenvalue weighted by Crippen LogP contribution is -2.41. The van der Waals surface area contributed by atoms with Crippen LogP contribution in [-0.4, -0.2) is 35.6 Å². The SMILES string of the molecule is CN(C)c1ccc(NC(=S)N2CCCCC2c2cccnc2)cc1. The topological polar surface area (TPSA) is 31.4 Å². The fourth-order valence-corrected chi connectivity index (χ4v) is 3.47. The van der Waals surface area contributed by atoms with Crippen LogP contribution < -0.4 is 10.2 Å². The van der Waals surface area contributed by atoms with E-state index in [0.29, 0.717) is 6.04 Å². The van der Waals surface area contributed by atoms with Crippen molar-refractivity contribution in [3.05, 3.63) is 54.4 Å². The van der Waals surface area contributed by atoms with Crippen molar-refractivity contribution in [2.24, 2.45) is 0 Å². The summed E-state index contributed by atoms with van der Waals surface area (Å²) in [5, 5.41) is 4.19. The summed E-state index contributed by atoms with van der Waals surface area (Å²) >= 11 is 5.70. The fraction of sp³-hybridized carbons (Fsp3) is 0.368. The van der Waals surface area contributed by atoms with E-state index < -0.39 is 0 Å². The number of nitrogens with one attached hydrogen (secondary N) is 1. The second kappa shape index (κ2) is 7.62. The normalized spacial score (nSPS) is 17.4. The first-order valence-electron chi connectivity index (χ1n) is 8.40. The Morgan fingerprint density at radius 2 is 2.00 bits per heavy atom. The molecule has 1 aromatic heterocycles. The molecule has 24 heavy (non-hydrogen) atoms. The third-order valence-electron chi connectivity index (χ3n) is 4.47. The van der Waals surface area contributed by atoms with Gasteiger partial charge in [0, 0.05) is 44.4 Å². The number of likely N-dealkylation sites (tertiary alicyclic amines) is 1. The predicted molar refractivity (Wildman–Crippen MR) is 105 cm³/mol. The van der Waals surface area contributed by atoms with Crippen LogP contribution in [0.25, 0.3) is 0 Å². The largest absolute Gasteiger partial charge is 0.378 e. The summed E-state index contributed by atoms with van der Waals surface area (Å²) in [4.78, 5) is 8.66. The van der Waals surface area contributed by atoms with Gasteiger partial charge in [0.15, 0.2) is 5.11 Å². The van der Waals surface area contributed by atoms with Crippen molar-refractivity contribution in [1.82, 2.24) is 9.88 Å². The van der Waals surface area contributed by atoms with Gasteiger partial charge in [-0.25, -0.2) is 0 Å². The number of benzene rings is 1. The average Bonchev–Trinajstić information content (AvgIpc) is 2.63. The quantitative estimate of drug-likeness (QED) is 0.851. The minimum Gasteiger partial charge on any atom is -0.378 e. The zero-order valence-electron chi connectivity index (χ0n) is 14.3. The fourth-order valence-electron chi connectivity index (χ4n) is 3.13. The Bertz CT molecular complexity index is 670. The highest BCUT2D eigenvalue weighted by Crippen LogP contribution is 2.31. The summed E-state index contributed by atoms with van der Waals surface area (Å²) in [6.07, 6.45) is 7.30. The molecule has 0 amide bonds. The first kappa shape index (κ1) is 16.7. The summed E-state index contributed by atoms with van der Waals surface area (Å²) in [6.45, 7) is 0.987. The van der Waals surface area contributed by atoms with Crippen LogP contribution in [0, 0.1) is 0 Å². The van der Waals surface area contributed by atoms with E-state index in [4.69, 9.17) is 12.2 Å². The molecule has 4 nitrogen and oxygen atoms in total. The first-order valence-corrected chi connectivity index (χ1v) is 8.81. The number of nitrogens with zero attached hydrogens (tertiary/aromatic N) is 3. The molecule has 1 N–H and O–H groups in total. The molecule has 2 aromatic rings. The molecule has 1 unspecified atom stereocenters. The van der Waals surface area contributed by atoms with Gasteiger partial charge in [-0.05, 0) is 67.4 Å². The van der Waals surface area contributed by atoms with Gasteiger partial charge in [-0.2, -0.15) is 0 Å². The van der Waals surface area contributed by atoms with Crippen LogP contribution in [0.3, 0.4) is 0 Å². The zero-order valence-corrected chi connectivity index (χ0v) is 15.1. The van der Waals surface area contributed by atoms with Crippen molar-refractivity contribution in [2.45, 2.75) is 25.3 Å². The van der Waals surface area contributed by atoms with Gasteiger partial charge >= 0.3 is 0 Å². The minimum atomic E-state index is 0.313. The summed E-state index contributed by atoms with van der Waals surface area (Å²) in [6, 6.07) is 12.8. The molecule has 0 spiro atoms. The molecule has 1 fully saturated rings. The Morgan fingerprint density at radius 1 is 1.21 bits per heavy atom. The van der Waals surface area contributed by atoms with Gasteiger partial charge in [0.05, 0.1) is 6.04 Å². The molecule has 0 bridgehead atoms. The van der Waals surface area contributed by atoms with E-state index in [0.717, 1.165) is 23.8 Å². The summed E-state index contributed by atoms with van der Waals surface area (Å²) in [5.74, 6) is 0. The van der Waals surface area contributed by atoms with Crippen LogP contribution in [0.5, 0.6) is 0 Å². The number of aromatic nitrogens is 1. The number of hydrogen-bond acceptors (Lipinski definition) is 3. The lowest BCUT2D eigenvalue weighted by atomic mass is 9.97. The number of piperidine rings is 1. The number of pyridine rings is 1. The molecular formula is C19H24N4S. The minimum absolute atomic E-state index is 0.313. The predicted octanol–water partition coefficient (Wildman–Crippen LogP) is 4.07. The lowest BCUT2D eigenvalue weighted by Gasteiger charge is -2.37. The van der Waals surface area contributed by atoms with E-state index in [1.54, 1.807) is 0 Å². The van der Waals surface area contributed by atoms with Gasteiger partial charge in [0.25, 0.3) is 0 Å². The number of anilines is 2. The maximum Gasteiger partial charge on any atom is 0.173 e. The Labute approximate surface area is 149 Å². The van der Waals surface area contributed by atoms with E-state index in [-0.39, 0.29) is 0 Å². The second-order valence-electron chi connectivity index (χ2n) is 6.36. The van der Waals surface area contributed by atoms with E-state index >= 15 is 0 Å². The van der Waals surface area contributed by atoms with E-state index in [2.05, 4.69) is 50.4 Å². The maximum atomic E-state index is 5.70. The molecule has 1 saturated heterocycles. The third kappa shape index (κ3) is 3.85. The van der Waals surface area contributed by atoms with Crippen LogP contribution in [0.2, 0.25) is 0 Å². The van der Waals surface area contributed by atoms with Crippen molar-refractivity contribution in [2.75, 3.05) is 30.9 Å². The van der Waals surface area contributed by atoms with Crippen molar-refractivity contribution in [1.29, 1.82) is 0 Å². The molecule has 5 heteroatoms. The summed E-state index contributed by atoms with van der Waals surface area (Å²) < 4.78 is 0. The van der Waals surface area contributed by atoms with Crippen molar-refractivity contribution < 1.29 is 0 Å². The molecule has 0 saturated carbocycles. The first-order chi connectivity index (χ1) is 11.6. The van der Waals surface area contributed by atoms with Crippen LogP contribution in [0.15, 0.2) is 48.8 Å². The van der Waals surface area contributed by atoms with Gasteiger partial charge in [0.1, 0.15) is 0 Å². The Morgan fingerprint density at radius 3 is 2.67 bits per heavy atom. The molecule has 0 aliphatic carbocycles. The van der Waals surface area contributed by atoms with Crippen LogP contribution >= 0.6 is 12.2 Å². The molecule has 126 valence electrons. The average molecular weight is 340 g/mol. The highest BCUT2D eigenvalue weighted by atomic mass is 32.1. The van der Waals surface area contributed by atoms with Crippen LogP contribution in [0.4, 0.5) is 11.4 Å². The third-order valence-corrected chi connectivity index (χ3v) is 4.80. The smallest absolute Gasteiger partial charge is 0.173 e. The Kier molecular flexibility index (Phi) is 5.30. The lowest BCUT2D eigenvalue weighted by molar-refractivity contribution is 0.248. The summed E-state index contributed by atoms with van der Waals surface area (Å²) in [7, 11) is 4.08. The van der Waals surface area contributed by atoms with Crippen LogP contribution in [0.1, 0.15) is 30.9 Å². The molecule has 0 radical (unpaired) electrons. The van der Waals surface area contributed by atoms with Crippen molar-refractivity contribution in [3.63, 3.8) is 0 Å². The molecule has 3 rings (SSSR count). The maximum absolute atomic E-state index is 5.70. The highest BCUT2D eigenvalue weighted by molar-refractivity contribution is 7.80. The van der Waals surface area contributed by atoms with Crippen LogP contribution in [-0.2, 0) is 0 Å². The van der Waals surface area contributed by atoms with Gasteiger partial charge in [-0.1, -0.05) is 6.07 Å². The number of thiocarbonyl (C=S) groups is 1. The monoisotopic (exact) mass is 340 g/mol. The van der Waals surface area contributed by atoms with Gasteiger partial charge in [0.2, 0.25) is 0 Å². The van der Waals surface area contributed by atoms with Crippen molar-refractivity contribution in [3.8, 4) is 0 Å². The van der Waals surface area contributed by atoms with Gasteiger partial charge < -0.3 is 15.1 Å². The summed E-state index contributed by atoms with van der Waals surface area (Å²) in [5.41, 5.74) is 3.45. The molecular weight excluding hydrogens is 316 g/mol. The van der Waals surface area contributed by atoms with E-state index in [1.165, 1.54) is 24.1 Å². The Balaban J connectivity index is 1.72. The Hall–Kier alpha value is -2.14. The van der Waals surface area contributed by atoms with Gasteiger partial charge in [-0.3, -0.25) is 4.98 Å². The highest BCUT2D eigenvalue weighted by Gasteiger charge is 2.26. The molecule has 1 aliphatic rings. The van der Waals surface area contributed by atoms with Crippen molar-refractivity contribution >= 4 is 28.7 Å². The molecule has 1 aromatic carbocycles. The number of rotatable bonds is 3. The molecule has 1 aliphatic heterocycles. The van der Waals surface area contributed by atoms with Gasteiger partial charge in [-0.15, -0.1) is 0 Å². The molecule has 1 atom stereocenters.